The van der Waals surface area contributed by atoms with Crippen molar-refractivity contribution in [3.8, 4) is 0 Å². The maximum absolute atomic E-state index is 3.65. The number of rotatable bonds is 8. The maximum Gasteiger partial charge on any atom is 0.00103 e. The Morgan fingerprint density at radius 2 is 1.81 bits per heavy atom. The fraction of sp³-hybridized carbons (Fsp3) is 1.00. The Balaban J connectivity index is 2.01. The van der Waals surface area contributed by atoms with Crippen LogP contribution in [0.25, 0.3) is 0 Å². The topological polar surface area (TPSA) is 24.1 Å². The molecule has 0 unspecified atom stereocenters. The van der Waals surface area contributed by atoms with Crippen LogP contribution >= 0.6 is 0 Å². The molecule has 1 saturated carbocycles. The average Bonchev–Trinajstić information content (AvgIpc) is 2.72. The monoisotopic (exact) mass is 226 g/mol. The van der Waals surface area contributed by atoms with Gasteiger partial charge in [-0.3, -0.25) is 0 Å². The van der Waals surface area contributed by atoms with Gasteiger partial charge in [0.15, 0.2) is 0 Å². The van der Waals surface area contributed by atoms with Crippen molar-refractivity contribution in [3.05, 3.63) is 0 Å². The molecule has 1 rings (SSSR count). The molecule has 0 spiro atoms. The Bertz CT molecular complexity index is 172. The zero-order valence-corrected chi connectivity index (χ0v) is 11.4. The van der Waals surface area contributed by atoms with Crippen LogP contribution in [-0.2, 0) is 0 Å². The predicted octanol–water partition coefficient (Wildman–Crippen LogP) is 2.93. The van der Waals surface area contributed by atoms with E-state index in [1.165, 1.54) is 51.6 Å². The third-order valence-electron chi connectivity index (χ3n) is 4.00. The molecular formula is C14H30N2. The van der Waals surface area contributed by atoms with E-state index in [2.05, 4.69) is 31.4 Å². The van der Waals surface area contributed by atoms with Gasteiger partial charge in [0, 0.05) is 12.6 Å². The molecule has 0 heterocycles. The Morgan fingerprint density at radius 1 is 1.12 bits per heavy atom. The van der Waals surface area contributed by atoms with Crippen LogP contribution < -0.4 is 10.6 Å². The summed E-state index contributed by atoms with van der Waals surface area (Å²) >= 11 is 0. The molecule has 0 atom stereocenters. The van der Waals surface area contributed by atoms with Gasteiger partial charge in [0.1, 0.15) is 0 Å². The van der Waals surface area contributed by atoms with E-state index in [1.54, 1.807) is 0 Å². The largest absolute Gasteiger partial charge is 0.316 e. The zero-order valence-electron chi connectivity index (χ0n) is 11.4. The summed E-state index contributed by atoms with van der Waals surface area (Å²) in [6.07, 6.45) is 8.39. The third-order valence-corrected chi connectivity index (χ3v) is 4.00. The van der Waals surface area contributed by atoms with E-state index in [-0.39, 0.29) is 0 Å². The summed E-state index contributed by atoms with van der Waals surface area (Å²) < 4.78 is 0. The molecule has 0 saturated heterocycles. The smallest absolute Gasteiger partial charge is 0.00103 e. The normalized spacial score (nSPS) is 19.5. The van der Waals surface area contributed by atoms with Crippen LogP contribution in [0.1, 0.15) is 59.3 Å². The van der Waals surface area contributed by atoms with E-state index in [0.717, 1.165) is 6.54 Å². The summed E-state index contributed by atoms with van der Waals surface area (Å²) in [4.78, 5) is 0. The van der Waals surface area contributed by atoms with Crippen molar-refractivity contribution in [2.24, 2.45) is 5.41 Å². The highest BCUT2D eigenvalue weighted by atomic mass is 14.9. The van der Waals surface area contributed by atoms with Crippen molar-refractivity contribution in [1.82, 2.24) is 10.6 Å². The van der Waals surface area contributed by atoms with Crippen molar-refractivity contribution in [2.45, 2.75) is 65.3 Å². The van der Waals surface area contributed by atoms with E-state index in [4.69, 9.17) is 0 Å². The van der Waals surface area contributed by atoms with Gasteiger partial charge in [-0.25, -0.2) is 0 Å². The fourth-order valence-corrected chi connectivity index (χ4v) is 2.74. The maximum atomic E-state index is 3.65. The van der Waals surface area contributed by atoms with E-state index in [9.17, 15) is 0 Å². The average molecular weight is 226 g/mol. The van der Waals surface area contributed by atoms with Crippen LogP contribution in [0.2, 0.25) is 0 Å². The van der Waals surface area contributed by atoms with Gasteiger partial charge >= 0.3 is 0 Å². The zero-order chi connectivity index (χ0) is 11.9. The highest BCUT2D eigenvalue weighted by Gasteiger charge is 2.31. The van der Waals surface area contributed by atoms with Crippen molar-refractivity contribution < 1.29 is 0 Å². The first-order valence-electron chi connectivity index (χ1n) is 7.13. The minimum Gasteiger partial charge on any atom is -0.316 e. The standard InChI is InChI=1S/C14H30N2/c1-4-14(8-5-6-9-14)12-15-10-7-11-16-13(2)3/h13,15-16H,4-12H2,1-3H3. The molecule has 0 aliphatic heterocycles. The third kappa shape index (κ3) is 4.84. The van der Waals surface area contributed by atoms with Crippen molar-refractivity contribution >= 4 is 0 Å². The first-order chi connectivity index (χ1) is 7.68. The van der Waals surface area contributed by atoms with Gasteiger partial charge in [0.25, 0.3) is 0 Å². The number of nitrogens with one attached hydrogen (secondary N) is 2. The van der Waals surface area contributed by atoms with E-state index in [1.807, 2.05) is 0 Å². The molecule has 0 aromatic heterocycles. The van der Waals surface area contributed by atoms with Gasteiger partial charge in [-0.15, -0.1) is 0 Å². The molecule has 0 aromatic rings. The lowest BCUT2D eigenvalue weighted by molar-refractivity contribution is 0.268. The van der Waals surface area contributed by atoms with Crippen molar-refractivity contribution in [1.29, 1.82) is 0 Å². The molecule has 0 bridgehead atoms. The second-order valence-corrected chi connectivity index (χ2v) is 5.70. The molecular weight excluding hydrogens is 196 g/mol. The highest BCUT2D eigenvalue weighted by Crippen LogP contribution is 2.40. The lowest BCUT2D eigenvalue weighted by Crippen LogP contribution is -2.33. The highest BCUT2D eigenvalue weighted by molar-refractivity contribution is 4.85. The second kappa shape index (κ2) is 7.29. The molecule has 2 N–H and O–H groups in total. The second-order valence-electron chi connectivity index (χ2n) is 5.70. The van der Waals surface area contributed by atoms with Crippen LogP contribution in [0, 0.1) is 5.41 Å². The molecule has 1 fully saturated rings. The minimum atomic E-state index is 0.622. The molecule has 1 aliphatic carbocycles. The Hall–Kier alpha value is -0.0800. The molecule has 16 heavy (non-hydrogen) atoms. The summed E-state index contributed by atoms with van der Waals surface area (Å²) in [6, 6.07) is 0.622. The SMILES string of the molecule is CCC1(CNCCCNC(C)C)CCCC1. The molecule has 0 radical (unpaired) electrons. The van der Waals surface area contributed by atoms with Crippen LogP contribution in [0.5, 0.6) is 0 Å². The lowest BCUT2D eigenvalue weighted by Gasteiger charge is -2.27. The predicted molar refractivity (Wildman–Crippen MR) is 71.8 cm³/mol. The van der Waals surface area contributed by atoms with Gasteiger partial charge in [-0.05, 0) is 44.2 Å². The fourth-order valence-electron chi connectivity index (χ4n) is 2.74. The van der Waals surface area contributed by atoms with Gasteiger partial charge < -0.3 is 10.6 Å². The quantitative estimate of drug-likeness (QED) is 0.622. The summed E-state index contributed by atoms with van der Waals surface area (Å²) in [5.41, 5.74) is 0.644. The Labute approximate surface area is 102 Å². The van der Waals surface area contributed by atoms with E-state index in [0.29, 0.717) is 11.5 Å². The summed E-state index contributed by atoms with van der Waals surface area (Å²) in [6.45, 7) is 10.3. The van der Waals surface area contributed by atoms with Crippen LogP contribution in [0.3, 0.4) is 0 Å². The first kappa shape index (κ1) is 14.0. The molecule has 0 amide bonds. The molecule has 2 heteroatoms. The van der Waals surface area contributed by atoms with Gasteiger partial charge in [0.2, 0.25) is 0 Å². The number of hydrogen-bond acceptors (Lipinski definition) is 2. The van der Waals surface area contributed by atoms with Gasteiger partial charge in [-0.2, -0.15) is 0 Å². The Morgan fingerprint density at radius 3 is 2.38 bits per heavy atom. The number of hydrogen-bond donors (Lipinski definition) is 2. The molecule has 0 aromatic carbocycles. The van der Waals surface area contributed by atoms with Crippen LogP contribution in [-0.4, -0.2) is 25.7 Å². The van der Waals surface area contributed by atoms with Crippen LogP contribution in [0.15, 0.2) is 0 Å². The van der Waals surface area contributed by atoms with Gasteiger partial charge in [0.05, 0.1) is 0 Å². The minimum absolute atomic E-state index is 0.622. The van der Waals surface area contributed by atoms with Crippen molar-refractivity contribution in [3.63, 3.8) is 0 Å². The molecule has 2 nitrogen and oxygen atoms in total. The lowest BCUT2D eigenvalue weighted by atomic mass is 9.83. The summed E-state index contributed by atoms with van der Waals surface area (Å²) in [5.74, 6) is 0. The summed E-state index contributed by atoms with van der Waals surface area (Å²) in [5, 5.41) is 7.11. The van der Waals surface area contributed by atoms with Crippen molar-refractivity contribution in [2.75, 3.05) is 19.6 Å². The van der Waals surface area contributed by atoms with E-state index < -0.39 is 0 Å². The van der Waals surface area contributed by atoms with Crippen LogP contribution in [0.4, 0.5) is 0 Å². The first-order valence-corrected chi connectivity index (χ1v) is 7.13. The molecule has 96 valence electrons. The van der Waals surface area contributed by atoms with Gasteiger partial charge in [-0.1, -0.05) is 33.6 Å². The Kier molecular flexibility index (Phi) is 6.37. The van der Waals surface area contributed by atoms with E-state index >= 15 is 0 Å². The molecule has 1 aliphatic rings. The summed E-state index contributed by atoms with van der Waals surface area (Å²) in [7, 11) is 0.